The molecule has 1 aromatic heterocycles. The fourth-order valence-electron chi connectivity index (χ4n) is 2.59. The van der Waals surface area contributed by atoms with Gasteiger partial charge in [0.15, 0.2) is 0 Å². The van der Waals surface area contributed by atoms with Crippen molar-refractivity contribution in [2.75, 3.05) is 6.54 Å². The number of nitrogens with zero attached hydrogens (tertiary/aromatic N) is 4. The second-order valence-corrected chi connectivity index (χ2v) is 4.95. The molecule has 0 radical (unpaired) electrons. The summed E-state index contributed by atoms with van der Waals surface area (Å²) in [5.41, 5.74) is 3.21. The number of hydrogen-bond acceptors (Lipinski definition) is 3. The van der Waals surface area contributed by atoms with Crippen molar-refractivity contribution in [1.82, 2.24) is 14.5 Å². The molecular weight excluding hydrogens is 236 g/mol. The molecule has 1 aromatic carbocycles. The topological polar surface area (TPSA) is 44.9 Å². The van der Waals surface area contributed by atoms with E-state index in [2.05, 4.69) is 26.6 Å². The summed E-state index contributed by atoms with van der Waals surface area (Å²) in [5, 5.41) is 8.94. The monoisotopic (exact) mass is 252 g/mol. The summed E-state index contributed by atoms with van der Waals surface area (Å²) in [7, 11) is 0. The van der Waals surface area contributed by atoms with E-state index in [9.17, 15) is 0 Å². The van der Waals surface area contributed by atoms with E-state index in [-0.39, 0.29) is 0 Å². The quantitative estimate of drug-likeness (QED) is 0.822. The van der Waals surface area contributed by atoms with Crippen molar-refractivity contribution < 1.29 is 0 Å². The van der Waals surface area contributed by atoms with E-state index in [1.165, 1.54) is 11.3 Å². The second kappa shape index (κ2) is 5.25. The molecule has 4 nitrogen and oxygen atoms in total. The van der Waals surface area contributed by atoms with Gasteiger partial charge in [-0.1, -0.05) is 12.1 Å². The lowest BCUT2D eigenvalue weighted by atomic mass is 10.1. The van der Waals surface area contributed by atoms with E-state index >= 15 is 0 Å². The van der Waals surface area contributed by atoms with Crippen LogP contribution in [-0.2, 0) is 19.6 Å². The summed E-state index contributed by atoms with van der Waals surface area (Å²) in [6.07, 6.45) is 5.00. The van der Waals surface area contributed by atoms with Crippen LogP contribution in [0.2, 0.25) is 0 Å². The van der Waals surface area contributed by atoms with E-state index < -0.39 is 0 Å². The minimum absolute atomic E-state index is 0.734. The van der Waals surface area contributed by atoms with Gasteiger partial charge < -0.3 is 4.57 Å². The lowest BCUT2D eigenvalue weighted by Crippen LogP contribution is -2.22. The van der Waals surface area contributed by atoms with Gasteiger partial charge in [-0.2, -0.15) is 5.26 Å². The Labute approximate surface area is 112 Å². The molecule has 0 N–H and O–H groups in total. The van der Waals surface area contributed by atoms with Crippen molar-refractivity contribution in [3.8, 4) is 6.07 Å². The molecule has 3 rings (SSSR count). The molecule has 1 aliphatic heterocycles. The zero-order valence-electron chi connectivity index (χ0n) is 10.8. The Morgan fingerprint density at radius 1 is 1.32 bits per heavy atom. The molecule has 0 amide bonds. The fourth-order valence-corrected chi connectivity index (χ4v) is 2.59. The Bertz CT molecular complexity index is 609. The molecule has 0 unspecified atom stereocenters. The Morgan fingerprint density at radius 3 is 3.16 bits per heavy atom. The highest BCUT2D eigenvalue weighted by Crippen LogP contribution is 2.15. The van der Waals surface area contributed by atoms with Crippen LogP contribution in [0.25, 0.3) is 0 Å². The second-order valence-electron chi connectivity index (χ2n) is 4.95. The van der Waals surface area contributed by atoms with Gasteiger partial charge in [-0.15, -0.1) is 0 Å². The Kier molecular flexibility index (Phi) is 3.30. The van der Waals surface area contributed by atoms with Gasteiger partial charge in [0, 0.05) is 32.4 Å². The first kappa shape index (κ1) is 11.9. The van der Waals surface area contributed by atoms with Crippen molar-refractivity contribution in [3.05, 3.63) is 53.6 Å². The fraction of sp³-hybridized carbons (Fsp3) is 0.333. The maximum Gasteiger partial charge on any atom is 0.0991 e. The van der Waals surface area contributed by atoms with Crippen LogP contribution in [0.3, 0.4) is 0 Å². The van der Waals surface area contributed by atoms with E-state index in [0.717, 1.165) is 38.2 Å². The maximum atomic E-state index is 8.94. The molecule has 1 aliphatic rings. The SMILES string of the molecule is N#Cc1cccc(CN2CCCn3cncc3C2)c1. The maximum absolute atomic E-state index is 8.94. The number of benzene rings is 1. The number of rotatable bonds is 2. The first-order valence-corrected chi connectivity index (χ1v) is 6.55. The van der Waals surface area contributed by atoms with Crippen molar-refractivity contribution >= 4 is 0 Å². The van der Waals surface area contributed by atoms with Gasteiger partial charge in [0.1, 0.15) is 0 Å². The molecule has 2 heterocycles. The average Bonchev–Trinajstić information content (AvgIpc) is 2.78. The number of nitriles is 1. The third kappa shape index (κ3) is 2.67. The number of aryl methyl sites for hydroxylation is 1. The van der Waals surface area contributed by atoms with Gasteiger partial charge in [-0.05, 0) is 24.1 Å². The standard InChI is InChI=1S/C15H16N4/c16-8-13-3-1-4-14(7-13)10-18-5-2-6-19-12-17-9-15(19)11-18/h1,3-4,7,9,12H,2,5-6,10-11H2. The van der Waals surface area contributed by atoms with Crippen molar-refractivity contribution in [2.45, 2.75) is 26.1 Å². The van der Waals surface area contributed by atoms with Crippen LogP contribution in [0.4, 0.5) is 0 Å². The minimum Gasteiger partial charge on any atom is -0.333 e. The summed E-state index contributed by atoms with van der Waals surface area (Å²) < 4.78 is 2.23. The third-order valence-corrected chi connectivity index (χ3v) is 3.52. The Balaban J connectivity index is 1.75. The molecule has 2 aromatic rings. The lowest BCUT2D eigenvalue weighted by molar-refractivity contribution is 0.261. The molecule has 0 bridgehead atoms. The molecule has 19 heavy (non-hydrogen) atoms. The Morgan fingerprint density at radius 2 is 2.26 bits per heavy atom. The molecule has 0 saturated heterocycles. The van der Waals surface area contributed by atoms with Crippen molar-refractivity contribution in [3.63, 3.8) is 0 Å². The first-order valence-electron chi connectivity index (χ1n) is 6.55. The lowest BCUT2D eigenvalue weighted by Gasteiger charge is -2.19. The van der Waals surface area contributed by atoms with E-state index in [0.29, 0.717) is 0 Å². The zero-order chi connectivity index (χ0) is 13.1. The van der Waals surface area contributed by atoms with E-state index in [4.69, 9.17) is 5.26 Å². The molecule has 0 fully saturated rings. The van der Waals surface area contributed by atoms with Crippen LogP contribution in [-0.4, -0.2) is 21.0 Å². The summed E-state index contributed by atoms with van der Waals surface area (Å²) in [5.74, 6) is 0. The van der Waals surface area contributed by atoms with Gasteiger partial charge in [0.25, 0.3) is 0 Å². The molecule has 0 spiro atoms. The van der Waals surface area contributed by atoms with Gasteiger partial charge in [0.05, 0.1) is 23.7 Å². The summed E-state index contributed by atoms with van der Waals surface area (Å²) >= 11 is 0. The predicted octanol–water partition coefficient (Wildman–Crippen LogP) is 2.16. The largest absolute Gasteiger partial charge is 0.333 e. The summed E-state index contributed by atoms with van der Waals surface area (Å²) in [4.78, 5) is 6.62. The molecule has 0 aliphatic carbocycles. The van der Waals surface area contributed by atoms with Crippen molar-refractivity contribution in [1.29, 1.82) is 5.26 Å². The van der Waals surface area contributed by atoms with E-state index in [1.807, 2.05) is 30.7 Å². The number of imidazole rings is 1. The van der Waals surface area contributed by atoms with Crippen LogP contribution < -0.4 is 0 Å². The Hall–Kier alpha value is -2.12. The zero-order valence-corrected chi connectivity index (χ0v) is 10.8. The first-order chi connectivity index (χ1) is 9.35. The minimum atomic E-state index is 0.734. The molecule has 96 valence electrons. The van der Waals surface area contributed by atoms with Gasteiger partial charge in [-0.3, -0.25) is 4.90 Å². The highest BCUT2D eigenvalue weighted by molar-refractivity contribution is 5.32. The third-order valence-electron chi connectivity index (χ3n) is 3.52. The smallest absolute Gasteiger partial charge is 0.0991 e. The molecule has 4 heteroatoms. The van der Waals surface area contributed by atoms with Crippen LogP contribution in [0.15, 0.2) is 36.8 Å². The van der Waals surface area contributed by atoms with Gasteiger partial charge >= 0.3 is 0 Å². The predicted molar refractivity (Wildman–Crippen MR) is 72.1 cm³/mol. The molecular formula is C15H16N4. The van der Waals surface area contributed by atoms with Gasteiger partial charge in [0.2, 0.25) is 0 Å². The number of aromatic nitrogens is 2. The normalized spacial score (nSPS) is 15.5. The van der Waals surface area contributed by atoms with Gasteiger partial charge in [-0.25, -0.2) is 4.98 Å². The average molecular weight is 252 g/mol. The number of hydrogen-bond donors (Lipinski definition) is 0. The highest BCUT2D eigenvalue weighted by atomic mass is 15.2. The van der Waals surface area contributed by atoms with Crippen molar-refractivity contribution in [2.24, 2.45) is 0 Å². The molecule has 0 atom stereocenters. The van der Waals surface area contributed by atoms with Crippen LogP contribution in [0.1, 0.15) is 23.2 Å². The summed E-state index contributed by atoms with van der Waals surface area (Å²) in [6.45, 7) is 3.94. The van der Waals surface area contributed by atoms with Crippen LogP contribution in [0.5, 0.6) is 0 Å². The van der Waals surface area contributed by atoms with Crippen LogP contribution in [0, 0.1) is 11.3 Å². The highest BCUT2D eigenvalue weighted by Gasteiger charge is 2.14. The van der Waals surface area contributed by atoms with Crippen LogP contribution >= 0.6 is 0 Å². The number of fused-ring (bicyclic) bond motifs is 1. The molecule has 0 saturated carbocycles. The van der Waals surface area contributed by atoms with E-state index in [1.54, 1.807) is 0 Å². The summed E-state index contributed by atoms with van der Waals surface area (Å²) in [6, 6.07) is 10.1.